The Morgan fingerprint density at radius 2 is 1.86 bits per heavy atom. The molecule has 0 atom stereocenters. The van der Waals surface area contributed by atoms with E-state index in [-0.39, 0.29) is 0 Å². The van der Waals surface area contributed by atoms with E-state index in [1.54, 1.807) is 5.32 Å². The van der Waals surface area contributed by atoms with Gasteiger partial charge >= 0.3 is 5.97 Å². The topological polar surface area (TPSA) is 75.6 Å². The molecule has 2 aromatic carbocycles. The maximum absolute atomic E-state index is 15.0. The number of carbonyl (C=O) groups excluding carboxylic acids is 1. The lowest BCUT2D eigenvalue weighted by molar-refractivity contribution is 0.0698. The first-order valence-corrected chi connectivity index (χ1v) is 8.24. The molecule has 0 bridgehead atoms. The minimum atomic E-state index is -3.29. The number of thiophene rings is 1. The van der Waals surface area contributed by atoms with E-state index in [2.05, 4.69) is 4.74 Å². The van der Waals surface area contributed by atoms with Crippen molar-refractivity contribution in [2.45, 2.75) is 0 Å². The highest BCUT2D eigenvalue weighted by atomic mass is 32.1. The molecule has 3 rings (SSSR count). The highest BCUT2D eigenvalue weighted by Gasteiger charge is 2.29. The molecule has 0 spiro atoms. The van der Waals surface area contributed by atoms with Crippen molar-refractivity contribution in [2.75, 3.05) is 12.4 Å². The predicted molar refractivity (Wildman–Crippen MR) is 97.5 cm³/mol. The third kappa shape index (κ3) is 3.66. The van der Waals surface area contributed by atoms with Crippen molar-refractivity contribution in [2.24, 2.45) is 0 Å². The Balaban J connectivity index is 2.22. The fourth-order valence-electron chi connectivity index (χ4n) is 2.30. The molecule has 0 aliphatic carbocycles. The fourth-order valence-corrected chi connectivity index (χ4v) is 3.03. The van der Waals surface area contributed by atoms with Gasteiger partial charge in [-0.25, -0.2) is 22.4 Å². The molecule has 0 aliphatic heterocycles. The maximum Gasteiger partial charge on any atom is 0.346 e. The van der Waals surface area contributed by atoms with Gasteiger partial charge in [0.05, 0.1) is 27.8 Å². The number of benzene rings is 2. The van der Waals surface area contributed by atoms with Crippen LogP contribution in [-0.4, -0.2) is 24.0 Å². The number of halogens is 4. The van der Waals surface area contributed by atoms with Crippen molar-refractivity contribution in [1.29, 1.82) is 0 Å². The van der Waals surface area contributed by atoms with Gasteiger partial charge in [0.2, 0.25) is 0 Å². The summed E-state index contributed by atoms with van der Waals surface area (Å²) in [6.45, 7) is 0. The number of ether oxygens (including phenoxy) is 1. The number of carboxylic acids is 1. The number of amides is 1. The number of hydrogen-bond acceptors (Lipinski definition) is 4. The van der Waals surface area contributed by atoms with Gasteiger partial charge in [-0.1, -0.05) is 12.1 Å². The summed E-state index contributed by atoms with van der Waals surface area (Å²) in [6.07, 6.45) is 0. The largest absolute Gasteiger partial charge is 0.497 e. The Kier molecular flexibility index (Phi) is 3.53. The maximum atomic E-state index is 15.0. The van der Waals surface area contributed by atoms with Crippen LogP contribution in [0.2, 0.25) is 0 Å². The van der Waals surface area contributed by atoms with E-state index >= 15 is 0 Å². The molecule has 1 amide bonds. The molecule has 2 N–H and O–H groups in total. The van der Waals surface area contributed by atoms with E-state index in [1.165, 1.54) is 5.38 Å². The quantitative estimate of drug-likeness (QED) is 0.443. The smallest absolute Gasteiger partial charge is 0.346 e. The first kappa shape index (κ1) is 12.9. The molecule has 1 aromatic heterocycles. The lowest BCUT2D eigenvalue weighted by Gasteiger charge is -2.13. The van der Waals surface area contributed by atoms with Gasteiger partial charge in [0.1, 0.15) is 16.3 Å². The third-order valence-corrected chi connectivity index (χ3v) is 4.46. The number of aromatic carboxylic acids is 1. The van der Waals surface area contributed by atoms with E-state index in [1.807, 2.05) is 0 Å². The van der Waals surface area contributed by atoms with Gasteiger partial charge in [-0.3, -0.25) is 4.79 Å². The third-order valence-electron chi connectivity index (χ3n) is 3.56. The average molecular weight is 432 g/mol. The summed E-state index contributed by atoms with van der Waals surface area (Å²) in [4.78, 5) is 23.0. The average Bonchev–Trinajstić information content (AvgIpc) is 3.29. The Morgan fingerprint density at radius 1 is 1.17 bits per heavy atom. The standard InChI is InChI=1S/C19H11F4NO4S/c1-28-9-4-2-3-8(7-9)11-12(20)14(22)16(15(23)13(11)21)24-18(25)10-5-6-29-17(10)19(26)27/h2-7H,1H3,(H,24,25)(H,26,27)/i1D3,2D,3D,4D,7D. The van der Waals surface area contributed by atoms with Gasteiger partial charge in [0, 0.05) is 0 Å². The summed E-state index contributed by atoms with van der Waals surface area (Å²) in [5.41, 5.74) is -5.19. The van der Waals surface area contributed by atoms with E-state index in [0.29, 0.717) is 11.3 Å². The zero-order valence-corrected chi connectivity index (χ0v) is 14.6. The van der Waals surface area contributed by atoms with Gasteiger partial charge in [0.15, 0.2) is 23.3 Å². The van der Waals surface area contributed by atoms with Crippen LogP contribution in [0.1, 0.15) is 29.6 Å². The Hall–Kier alpha value is -3.40. The summed E-state index contributed by atoms with van der Waals surface area (Å²) >= 11 is 0.599. The van der Waals surface area contributed by atoms with Crippen LogP contribution in [0, 0.1) is 23.3 Å². The highest BCUT2D eigenvalue weighted by Crippen LogP contribution is 2.36. The SMILES string of the molecule is [2H]c1c([2H])c(OC([2H])([2H])[2H])c([2H])c(-c2c(F)c(F)c(NC(=O)c3ccsc3C(=O)O)c(F)c2F)c1[2H]. The summed E-state index contributed by atoms with van der Waals surface area (Å²) in [5, 5.41) is 11.8. The zero-order chi connectivity index (χ0) is 27.3. The van der Waals surface area contributed by atoms with Crippen LogP contribution in [0.25, 0.3) is 11.1 Å². The summed E-state index contributed by atoms with van der Waals surface area (Å²) in [7, 11) is -3.29. The Labute approximate surface area is 175 Å². The number of rotatable bonds is 5. The second kappa shape index (κ2) is 7.92. The molecule has 0 radical (unpaired) electrons. The number of nitrogens with one attached hydrogen (secondary N) is 1. The van der Waals surface area contributed by atoms with E-state index in [9.17, 15) is 27.2 Å². The molecule has 0 fully saturated rings. The van der Waals surface area contributed by atoms with Crippen LogP contribution in [0.15, 0.2) is 35.6 Å². The predicted octanol–water partition coefficient (Wildman–Crippen LogP) is 4.93. The summed E-state index contributed by atoms with van der Waals surface area (Å²) in [6, 6.07) is -3.81. The molecule has 10 heteroatoms. The highest BCUT2D eigenvalue weighted by molar-refractivity contribution is 7.12. The van der Waals surface area contributed by atoms with Crippen molar-refractivity contribution < 1.29 is 46.6 Å². The Bertz CT molecular complexity index is 1400. The number of carboxylic acid groups (broad SMARTS) is 1. The molecule has 3 aromatic rings. The van der Waals surface area contributed by atoms with Crippen LogP contribution >= 0.6 is 11.3 Å². The van der Waals surface area contributed by atoms with Crippen LogP contribution in [0.5, 0.6) is 5.75 Å². The number of carbonyl (C=O) groups is 2. The molecule has 150 valence electrons. The number of hydrogen-bond donors (Lipinski definition) is 2. The van der Waals surface area contributed by atoms with Crippen molar-refractivity contribution in [3.63, 3.8) is 0 Å². The molecule has 0 saturated carbocycles. The molecule has 0 unspecified atom stereocenters. The van der Waals surface area contributed by atoms with Gasteiger partial charge < -0.3 is 15.2 Å². The first-order chi connectivity index (χ1) is 16.6. The molecular weight excluding hydrogens is 414 g/mol. The zero-order valence-electron chi connectivity index (χ0n) is 20.7. The minimum Gasteiger partial charge on any atom is -0.497 e. The van der Waals surface area contributed by atoms with E-state index in [4.69, 9.17) is 14.7 Å². The van der Waals surface area contributed by atoms with E-state index < -0.39 is 99.4 Å². The molecule has 0 aliphatic rings. The van der Waals surface area contributed by atoms with Crippen molar-refractivity contribution in [3.8, 4) is 16.9 Å². The van der Waals surface area contributed by atoms with Crippen LogP contribution in [-0.2, 0) is 0 Å². The van der Waals surface area contributed by atoms with Crippen LogP contribution in [0.3, 0.4) is 0 Å². The van der Waals surface area contributed by atoms with Gasteiger partial charge in [-0.2, -0.15) is 0 Å². The van der Waals surface area contributed by atoms with Crippen molar-refractivity contribution in [3.05, 3.63) is 69.3 Å². The van der Waals surface area contributed by atoms with Gasteiger partial charge in [-0.05, 0) is 29.1 Å². The minimum absolute atomic E-state index is 0.524. The Morgan fingerprint density at radius 3 is 2.48 bits per heavy atom. The first-order valence-electron chi connectivity index (χ1n) is 10.9. The van der Waals surface area contributed by atoms with Crippen molar-refractivity contribution >= 4 is 28.9 Å². The lowest BCUT2D eigenvalue weighted by Crippen LogP contribution is -2.18. The summed E-state index contributed by atoms with van der Waals surface area (Å²) in [5.74, 6) is -13.0. The van der Waals surface area contributed by atoms with Crippen LogP contribution in [0.4, 0.5) is 23.2 Å². The molecule has 0 saturated heterocycles. The number of methoxy groups -OCH3 is 1. The van der Waals surface area contributed by atoms with Crippen LogP contribution < -0.4 is 10.1 Å². The molecule has 1 heterocycles. The lowest BCUT2D eigenvalue weighted by atomic mass is 10.0. The van der Waals surface area contributed by atoms with E-state index in [0.717, 1.165) is 6.07 Å². The summed E-state index contributed by atoms with van der Waals surface area (Å²) < 4.78 is 117. The fraction of sp³-hybridized carbons (Fsp3) is 0.0526. The second-order valence-corrected chi connectivity index (χ2v) is 6.15. The van der Waals surface area contributed by atoms with Gasteiger partial charge in [0.25, 0.3) is 5.91 Å². The monoisotopic (exact) mass is 432 g/mol. The normalized spacial score (nSPS) is 14.6. The van der Waals surface area contributed by atoms with Gasteiger partial charge in [-0.15, -0.1) is 11.3 Å². The molecular formula is C19H11F4NO4S. The molecule has 29 heavy (non-hydrogen) atoms. The molecule has 5 nitrogen and oxygen atoms in total. The number of anilines is 1. The second-order valence-electron chi connectivity index (χ2n) is 5.23. The van der Waals surface area contributed by atoms with Crippen molar-refractivity contribution in [1.82, 2.24) is 0 Å².